The van der Waals surface area contributed by atoms with Gasteiger partial charge in [-0.2, -0.15) is 0 Å². The number of para-hydroxylation sites is 1. The summed E-state index contributed by atoms with van der Waals surface area (Å²) in [5, 5.41) is 7.47. The van der Waals surface area contributed by atoms with E-state index in [0.717, 1.165) is 18.5 Å². The summed E-state index contributed by atoms with van der Waals surface area (Å²) in [7, 11) is 0. The predicted octanol–water partition coefficient (Wildman–Crippen LogP) is 6.80. The molecule has 0 saturated carbocycles. The van der Waals surface area contributed by atoms with E-state index in [4.69, 9.17) is 39.8 Å². The number of nitrogens with zero attached hydrogens (tertiary/aromatic N) is 3. The lowest BCUT2D eigenvalue weighted by atomic mass is 10.2. The van der Waals surface area contributed by atoms with Crippen LogP contribution < -0.4 is 10.6 Å². The summed E-state index contributed by atoms with van der Waals surface area (Å²) in [6, 6.07) is 13.9. The Balaban J connectivity index is 1.69. The van der Waals surface area contributed by atoms with Crippen LogP contribution in [0.4, 0.5) is 17.5 Å². The van der Waals surface area contributed by atoms with E-state index in [2.05, 4.69) is 22.5 Å². The van der Waals surface area contributed by atoms with Gasteiger partial charge in [-0.3, -0.25) is 4.79 Å². The van der Waals surface area contributed by atoms with Crippen LogP contribution in [0.15, 0.2) is 54.7 Å². The molecule has 2 heterocycles. The van der Waals surface area contributed by atoms with E-state index in [9.17, 15) is 4.79 Å². The number of benzene rings is 2. The van der Waals surface area contributed by atoms with E-state index >= 15 is 0 Å². The van der Waals surface area contributed by atoms with Crippen LogP contribution in [0.1, 0.15) is 23.7 Å². The summed E-state index contributed by atoms with van der Waals surface area (Å²) in [5.74, 6) is 0.677. The molecule has 0 spiro atoms. The maximum Gasteiger partial charge on any atom is 0.256 e. The van der Waals surface area contributed by atoms with Crippen molar-refractivity contribution in [2.75, 3.05) is 10.6 Å². The second-order valence-corrected chi connectivity index (χ2v) is 8.08. The van der Waals surface area contributed by atoms with Crippen molar-refractivity contribution in [3.8, 4) is 0 Å². The summed E-state index contributed by atoms with van der Waals surface area (Å²) in [5.41, 5.74) is 2.61. The molecule has 31 heavy (non-hydrogen) atoms. The summed E-state index contributed by atoms with van der Waals surface area (Å²) >= 11 is 18.6. The number of hydrogen-bond donors (Lipinski definition) is 2. The van der Waals surface area contributed by atoms with Gasteiger partial charge in [-0.1, -0.05) is 47.8 Å². The first-order valence-electron chi connectivity index (χ1n) is 9.60. The van der Waals surface area contributed by atoms with E-state index in [0.29, 0.717) is 43.6 Å². The highest BCUT2D eigenvalue weighted by Crippen LogP contribution is 2.33. The van der Waals surface area contributed by atoms with Crippen molar-refractivity contribution in [1.29, 1.82) is 0 Å². The third kappa shape index (κ3) is 4.61. The van der Waals surface area contributed by atoms with Gasteiger partial charge in [0, 0.05) is 23.3 Å². The van der Waals surface area contributed by atoms with Gasteiger partial charge in [0.15, 0.2) is 0 Å². The molecule has 158 valence electrons. The number of pyridine rings is 1. The van der Waals surface area contributed by atoms with Crippen LogP contribution in [0.3, 0.4) is 0 Å². The van der Waals surface area contributed by atoms with Crippen LogP contribution in [-0.4, -0.2) is 20.4 Å². The van der Waals surface area contributed by atoms with Gasteiger partial charge in [-0.25, -0.2) is 9.97 Å². The fraction of sp³-hybridized carbons (Fsp3) is 0.136. The molecular weight excluding hydrogens is 457 g/mol. The van der Waals surface area contributed by atoms with Gasteiger partial charge in [0.1, 0.15) is 5.82 Å². The molecule has 4 rings (SSSR count). The van der Waals surface area contributed by atoms with Gasteiger partial charge in [0.2, 0.25) is 5.95 Å². The highest BCUT2D eigenvalue weighted by Gasteiger charge is 2.16. The zero-order chi connectivity index (χ0) is 22.0. The number of halogens is 3. The Morgan fingerprint density at radius 1 is 1.06 bits per heavy atom. The fourth-order valence-corrected chi connectivity index (χ4v) is 3.86. The number of anilines is 3. The van der Waals surface area contributed by atoms with Gasteiger partial charge < -0.3 is 15.2 Å². The third-order valence-corrected chi connectivity index (χ3v) is 5.49. The first-order chi connectivity index (χ1) is 15.0. The number of aryl methyl sites for hydroxylation is 1. The number of nitrogens with one attached hydrogen (secondary N) is 2. The molecule has 0 aliphatic heterocycles. The lowest BCUT2D eigenvalue weighted by molar-refractivity contribution is 0.102. The van der Waals surface area contributed by atoms with Crippen LogP contribution >= 0.6 is 34.8 Å². The molecule has 1 amide bonds. The number of imidazole rings is 1. The maximum absolute atomic E-state index is 12.7. The van der Waals surface area contributed by atoms with Crippen LogP contribution in [0.2, 0.25) is 15.1 Å². The Kier molecular flexibility index (Phi) is 6.32. The van der Waals surface area contributed by atoms with Gasteiger partial charge in [-0.05, 0) is 48.9 Å². The zero-order valence-electron chi connectivity index (χ0n) is 16.5. The number of carbonyl (C=O) groups is 1. The molecule has 0 saturated heterocycles. The minimum Gasteiger partial charge on any atom is -0.323 e. The summed E-state index contributed by atoms with van der Waals surface area (Å²) in [6.45, 7) is 2.82. The molecule has 6 nitrogen and oxygen atoms in total. The molecule has 0 bridgehead atoms. The monoisotopic (exact) mass is 473 g/mol. The minimum absolute atomic E-state index is 0.301. The van der Waals surface area contributed by atoms with Crippen molar-refractivity contribution < 1.29 is 4.79 Å². The van der Waals surface area contributed by atoms with Gasteiger partial charge in [-0.15, -0.1) is 0 Å². The number of fused-ring (bicyclic) bond motifs is 1. The Morgan fingerprint density at radius 3 is 2.55 bits per heavy atom. The Hall–Kier alpha value is -2.80. The predicted molar refractivity (Wildman–Crippen MR) is 127 cm³/mol. The quantitative estimate of drug-likeness (QED) is 0.322. The first kappa shape index (κ1) is 21.4. The molecule has 2 aromatic carbocycles. The Bertz CT molecular complexity index is 1250. The maximum atomic E-state index is 12.7. The zero-order valence-corrected chi connectivity index (χ0v) is 18.8. The summed E-state index contributed by atoms with van der Waals surface area (Å²) in [4.78, 5) is 21.5. The second kappa shape index (κ2) is 9.14. The molecular formula is C22H18Cl3N5O. The van der Waals surface area contributed by atoms with E-state index in [1.807, 2.05) is 10.6 Å². The standard InChI is InChI=1S/C22H18Cl3N5O/c1-2-10-30-18-7-6-13(21(31)28-19-12-14(23)8-9-26-19)11-17(18)27-22(30)29-20-15(24)4-3-5-16(20)25/h3-9,11-12H,2,10H2,1H3,(H,27,29)(H,26,28,31). The van der Waals surface area contributed by atoms with Crippen molar-refractivity contribution >= 4 is 69.2 Å². The molecule has 0 radical (unpaired) electrons. The van der Waals surface area contributed by atoms with Gasteiger partial charge in [0.05, 0.1) is 26.8 Å². The number of rotatable bonds is 6. The average molecular weight is 475 g/mol. The molecule has 0 unspecified atom stereocenters. The molecule has 9 heteroatoms. The normalized spacial score (nSPS) is 11.0. The lowest BCUT2D eigenvalue weighted by Gasteiger charge is -2.12. The topological polar surface area (TPSA) is 71.8 Å². The van der Waals surface area contributed by atoms with E-state index < -0.39 is 0 Å². The SMILES string of the molecule is CCCn1c(Nc2c(Cl)cccc2Cl)nc2cc(C(=O)Nc3cc(Cl)ccn3)ccc21. The smallest absolute Gasteiger partial charge is 0.256 e. The molecule has 0 aliphatic rings. The molecule has 2 aromatic heterocycles. The number of amides is 1. The molecule has 0 fully saturated rings. The van der Waals surface area contributed by atoms with E-state index in [1.165, 1.54) is 6.20 Å². The summed E-state index contributed by atoms with van der Waals surface area (Å²) < 4.78 is 2.04. The van der Waals surface area contributed by atoms with Crippen LogP contribution in [0.5, 0.6) is 0 Å². The minimum atomic E-state index is -0.301. The lowest BCUT2D eigenvalue weighted by Crippen LogP contribution is -2.12. The van der Waals surface area contributed by atoms with Crippen molar-refractivity contribution in [2.24, 2.45) is 0 Å². The Labute approximate surface area is 194 Å². The van der Waals surface area contributed by atoms with Crippen LogP contribution in [-0.2, 0) is 6.54 Å². The molecule has 0 atom stereocenters. The number of aromatic nitrogens is 3. The largest absolute Gasteiger partial charge is 0.323 e. The number of hydrogen-bond acceptors (Lipinski definition) is 4. The van der Waals surface area contributed by atoms with E-state index in [-0.39, 0.29) is 5.91 Å². The number of carbonyl (C=O) groups excluding carboxylic acids is 1. The highest BCUT2D eigenvalue weighted by molar-refractivity contribution is 6.39. The van der Waals surface area contributed by atoms with Gasteiger partial charge >= 0.3 is 0 Å². The van der Waals surface area contributed by atoms with Crippen LogP contribution in [0, 0.1) is 0 Å². The third-order valence-electron chi connectivity index (χ3n) is 4.62. The fourth-order valence-electron chi connectivity index (χ4n) is 3.21. The molecule has 4 aromatic rings. The molecule has 2 N–H and O–H groups in total. The van der Waals surface area contributed by atoms with Crippen molar-refractivity contribution in [3.05, 3.63) is 75.4 Å². The first-order valence-corrected chi connectivity index (χ1v) is 10.7. The van der Waals surface area contributed by atoms with Crippen molar-refractivity contribution in [1.82, 2.24) is 14.5 Å². The summed E-state index contributed by atoms with van der Waals surface area (Å²) in [6.07, 6.45) is 2.43. The molecule has 0 aliphatic carbocycles. The van der Waals surface area contributed by atoms with E-state index in [1.54, 1.807) is 42.5 Å². The van der Waals surface area contributed by atoms with Crippen LogP contribution in [0.25, 0.3) is 11.0 Å². The highest BCUT2D eigenvalue weighted by atomic mass is 35.5. The van der Waals surface area contributed by atoms with Gasteiger partial charge in [0.25, 0.3) is 5.91 Å². The second-order valence-electron chi connectivity index (χ2n) is 6.83. The van der Waals surface area contributed by atoms with Crippen molar-refractivity contribution in [3.63, 3.8) is 0 Å². The average Bonchev–Trinajstić information content (AvgIpc) is 3.07. The Morgan fingerprint density at radius 2 is 1.84 bits per heavy atom. The van der Waals surface area contributed by atoms with Crippen molar-refractivity contribution in [2.45, 2.75) is 19.9 Å².